The predicted molar refractivity (Wildman–Crippen MR) is 294 cm³/mol. The summed E-state index contributed by atoms with van der Waals surface area (Å²) in [7, 11) is -1.79. The maximum atomic E-state index is 14.9. The van der Waals surface area contributed by atoms with Gasteiger partial charge in [-0.05, 0) is 110 Å². The standard InChI is InChI=1S/C56H66ClFN10O9S/c1-34(2)40-8-6-7-9-41(40)46-33-65(32-36-22-49(57)62-50(23-36)75-4)20-21-67(46)38-27-56(28-38)16-18-66(19-17-56)37-10-11-42(47(24-37)77-48-26-43-44(58)31-61-51(43)63-54(48)76-5)53(69)64-78(73,74)39-25-45(68(71)72)52(60-30-39)59-29-35-12-14-55(3,70)15-13-35/h6-11,22-26,30-31,34-35,38,46,70H,12-21,27-29,32-33H2,1-5H3,(H,59,60)(H,61,63)(H,64,69)/t35?,46-,55?/m0/s1. The average Bonchev–Trinajstić information content (AvgIpc) is 3.83. The van der Waals surface area contributed by atoms with Gasteiger partial charge in [-0.3, -0.25) is 24.7 Å². The second-order valence-electron chi connectivity index (χ2n) is 22.0. The number of methoxy groups -OCH3 is 2. The highest BCUT2D eigenvalue weighted by molar-refractivity contribution is 7.90. The van der Waals surface area contributed by atoms with Gasteiger partial charge in [-0.15, -0.1) is 0 Å². The molecule has 0 bridgehead atoms. The lowest BCUT2D eigenvalue weighted by Gasteiger charge is -2.58. The third-order valence-corrected chi connectivity index (χ3v) is 17.9. The van der Waals surface area contributed by atoms with E-state index < -0.39 is 42.9 Å². The molecule has 0 unspecified atom stereocenters. The number of aromatic amines is 1. The Morgan fingerprint density at radius 3 is 2.46 bits per heavy atom. The Labute approximate surface area is 458 Å². The fourth-order valence-corrected chi connectivity index (χ4v) is 13.1. The molecule has 0 radical (unpaired) electrons. The van der Waals surface area contributed by atoms with Gasteiger partial charge in [0, 0.05) is 94.0 Å². The van der Waals surface area contributed by atoms with E-state index in [0.717, 1.165) is 75.9 Å². The molecule has 4 N–H and O–H groups in total. The van der Waals surface area contributed by atoms with Crippen LogP contribution in [0.4, 0.5) is 21.6 Å². The molecular formula is C56H66ClFN10O9S. The van der Waals surface area contributed by atoms with Crippen molar-refractivity contribution in [1.29, 1.82) is 0 Å². The molecular weight excluding hydrogens is 1040 g/mol. The van der Waals surface area contributed by atoms with Gasteiger partial charge in [-0.1, -0.05) is 49.7 Å². The lowest BCUT2D eigenvalue weighted by Crippen LogP contribution is -2.60. The summed E-state index contributed by atoms with van der Waals surface area (Å²) in [4.78, 5) is 48.1. The molecule has 2 aromatic carbocycles. The Balaban J connectivity index is 0.858. The van der Waals surface area contributed by atoms with Crippen molar-refractivity contribution in [3.05, 3.63) is 122 Å². The van der Waals surface area contributed by atoms with E-state index in [9.17, 15) is 32.8 Å². The van der Waals surface area contributed by atoms with Crippen molar-refractivity contribution in [3.8, 4) is 23.3 Å². The fraction of sp³-hybridized carbons (Fsp3) is 0.464. The number of nitrogens with one attached hydrogen (secondary N) is 3. The number of carbonyl (C=O) groups excluding carboxylic acids is 1. The molecule has 1 amide bonds. The van der Waals surface area contributed by atoms with Gasteiger partial charge in [0.05, 0.1) is 41.9 Å². The summed E-state index contributed by atoms with van der Waals surface area (Å²) in [6.07, 6.45) is 8.67. The number of piperidine rings is 1. The summed E-state index contributed by atoms with van der Waals surface area (Å²) in [6, 6.07) is 20.4. The van der Waals surface area contributed by atoms with Crippen LogP contribution in [0, 0.1) is 27.3 Å². The van der Waals surface area contributed by atoms with Crippen LogP contribution in [0.1, 0.15) is 111 Å². The Bertz CT molecular complexity index is 3320. The minimum atomic E-state index is -4.75. The zero-order chi connectivity index (χ0) is 55.1. The smallest absolute Gasteiger partial charge is 0.312 e. The molecule has 78 heavy (non-hydrogen) atoms. The van der Waals surface area contributed by atoms with E-state index in [-0.39, 0.29) is 57.2 Å². The van der Waals surface area contributed by atoms with E-state index in [1.807, 2.05) is 12.1 Å². The minimum absolute atomic E-state index is 0.0219. The number of fused-ring (bicyclic) bond motifs is 1. The van der Waals surface area contributed by atoms with Crippen molar-refractivity contribution >= 4 is 55.8 Å². The van der Waals surface area contributed by atoms with Crippen molar-refractivity contribution in [2.24, 2.45) is 11.3 Å². The lowest BCUT2D eigenvalue weighted by atomic mass is 9.59. The van der Waals surface area contributed by atoms with Crippen LogP contribution < -0.4 is 29.1 Å². The number of hydrogen-bond donors (Lipinski definition) is 4. The highest BCUT2D eigenvalue weighted by atomic mass is 35.5. The fourth-order valence-electron chi connectivity index (χ4n) is 12.0. The summed E-state index contributed by atoms with van der Waals surface area (Å²) >= 11 is 6.39. The number of amides is 1. The molecule has 2 saturated carbocycles. The van der Waals surface area contributed by atoms with Crippen LogP contribution in [0.3, 0.4) is 0 Å². The highest BCUT2D eigenvalue weighted by Gasteiger charge is 2.50. The number of aliphatic hydroxyl groups is 1. The summed E-state index contributed by atoms with van der Waals surface area (Å²) in [6.45, 7) is 11.5. The van der Waals surface area contributed by atoms with Gasteiger partial charge >= 0.3 is 5.69 Å². The Morgan fingerprint density at radius 1 is 0.987 bits per heavy atom. The van der Waals surface area contributed by atoms with Crippen molar-refractivity contribution in [2.45, 2.75) is 107 Å². The zero-order valence-electron chi connectivity index (χ0n) is 44.4. The quantitative estimate of drug-likeness (QED) is 0.0378. The van der Waals surface area contributed by atoms with E-state index in [2.05, 4.69) is 82.8 Å². The second-order valence-corrected chi connectivity index (χ2v) is 24.1. The Hall–Kier alpha value is -6.65. The van der Waals surface area contributed by atoms with Crippen LogP contribution in [0.15, 0.2) is 84.0 Å². The first-order valence-electron chi connectivity index (χ1n) is 26.5. The van der Waals surface area contributed by atoms with Crippen LogP contribution in [0.25, 0.3) is 11.0 Å². The van der Waals surface area contributed by atoms with Crippen LogP contribution in [0.5, 0.6) is 23.3 Å². The number of halogens is 2. The molecule has 4 aromatic heterocycles. The van der Waals surface area contributed by atoms with Gasteiger partial charge in [0.2, 0.25) is 11.7 Å². The monoisotopic (exact) mass is 1110 g/mol. The molecule has 1 atom stereocenters. The lowest BCUT2D eigenvalue weighted by molar-refractivity contribution is -0.384. The van der Waals surface area contributed by atoms with E-state index >= 15 is 0 Å². The number of aromatic nitrogens is 4. The maximum absolute atomic E-state index is 14.9. The van der Waals surface area contributed by atoms with Gasteiger partial charge in [0.25, 0.3) is 21.8 Å². The number of rotatable bonds is 17. The number of anilines is 2. The van der Waals surface area contributed by atoms with Crippen LogP contribution in [0.2, 0.25) is 5.15 Å². The number of hydrogen-bond acceptors (Lipinski definition) is 16. The summed E-state index contributed by atoms with van der Waals surface area (Å²) < 4.78 is 62.1. The number of H-pyrrole nitrogens is 1. The number of sulfonamides is 1. The van der Waals surface area contributed by atoms with E-state index in [1.54, 1.807) is 26.2 Å². The molecule has 19 nitrogen and oxygen atoms in total. The van der Waals surface area contributed by atoms with Gasteiger partial charge in [0.15, 0.2) is 5.75 Å². The van der Waals surface area contributed by atoms with E-state index in [0.29, 0.717) is 74.0 Å². The number of ether oxygens (including phenoxy) is 3. The van der Waals surface area contributed by atoms with E-state index in [1.165, 1.54) is 30.4 Å². The molecule has 414 valence electrons. The Morgan fingerprint density at radius 2 is 1.74 bits per heavy atom. The summed E-state index contributed by atoms with van der Waals surface area (Å²) in [5.74, 6) is -0.942. The molecule has 1 spiro atoms. The van der Waals surface area contributed by atoms with Gasteiger partial charge in [0.1, 0.15) is 27.3 Å². The number of piperazine rings is 1. The topological polar surface area (TPSA) is 231 Å². The number of benzene rings is 2. The highest BCUT2D eigenvalue weighted by Crippen LogP contribution is 2.54. The third-order valence-electron chi connectivity index (χ3n) is 16.4. The molecule has 4 aliphatic rings. The molecule has 2 saturated heterocycles. The predicted octanol–water partition coefficient (Wildman–Crippen LogP) is 9.77. The Kier molecular flexibility index (Phi) is 15.6. The van der Waals surface area contributed by atoms with Crippen molar-refractivity contribution in [2.75, 3.05) is 63.7 Å². The normalized spacial score (nSPS) is 21.1. The number of carbonyl (C=O) groups is 1. The largest absolute Gasteiger partial charge is 0.481 e. The summed E-state index contributed by atoms with van der Waals surface area (Å²) in [5.41, 5.74) is 3.30. The minimum Gasteiger partial charge on any atom is -0.481 e. The molecule has 6 heterocycles. The number of pyridine rings is 3. The molecule has 4 fully saturated rings. The first kappa shape index (κ1) is 54.7. The van der Waals surface area contributed by atoms with Crippen LogP contribution >= 0.6 is 11.6 Å². The molecule has 2 aliphatic carbocycles. The maximum Gasteiger partial charge on any atom is 0.312 e. The molecule has 6 aromatic rings. The second kappa shape index (κ2) is 22.2. The number of nitro groups is 1. The van der Waals surface area contributed by atoms with Gasteiger partial charge in [-0.25, -0.2) is 27.5 Å². The molecule has 2 aliphatic heterocycles. The third kappa shape index (κ3) is 11.7. The summed E-state index contributed by atoms with van der Waals surface area (Å²) in [5, 5.41) is 26.1. The zero-order valence-corrected chi connectivity index (χ0v) is 46.0. The SMILES string of the molecule is COc1cc(CN2CCN(C3CC4(CCN(c5ccc(C(=O)NS(=O)(=O)c6cnc(NCC7CCC(C)(O)CC7)c([N+](=O)[O-])c6)c(Oc6cc7c(F)c[nH]c7nc6OC)c5)CC4)C3)[C@H](c3ccccc3C(C)C)C2)cc(Cl)n1. The first-order chi connectivity index (χ1) is 37.3. The van der Waals surface area contributed by atoms with Crippen LogP contribution in [-0.2, 0) is 16.6 Å². The van der Waals surface area contributed by atoms with Gasteiger partial charge < -0.3 is 34.5 Å². The molecule has 22 heteroatoms. The van der Waals surface area contributed by atoms with Crippen molar-refractivity contribution in [3.63, 3.8) is 0 Å². The van der Waals surface area contributed by atoms with Crippen LogP contribution in [-0.4, -0.2) is 119 Å². The average molecular weight is 1110 g/mol. The van der Waals surface area contributed by atoms with Gasteiger partial charge in [-0.2, -0.15) is 4.98 Å². The van der Waals surface area contributed by atoms with E-state index in [4.69, 9.17) is 25.8 Å². The number of nitrogens with zero attached hydrogens (tertiary/aromatic N) is 7. The van der Waals surface area contributed by atoms with Crippen molar-refractivity contribution < 1.29 is 41.8 Å². The van der Waals surface area contributed by atoms with Crippen molar-refractivity contribution in [1.82, 2.24) is 34.5 Å². The first-order valence-corrected chi connectivity index (χ1v) is 28.4. The molecule has 10 rings (SSSR count).